The van der Waals surface area contributed by atoms with Crippen LogP contribution in [-0.4, -0.2) is 12.0 Å². The topological polar surface area (TPSA) is 38.3 Å². The van der Waals surface area contributed by atoms with E-state index in [1.54, 1.807) is 6.92 Å². The van der Waals surface area contributed by atoms with Crippen LogP contribution in [0, 0.1) is 26.6 Å². The zero-order valence-electron chi connectivity index (χ0n) is 13.5. The summed E-state index contributed by atoms with van der Waals surface area (Å²) in [6, 6.07) is 7.99. The molecule has 1 atom stereocenters. The first-order chi connectivity index (χ1) is 10.8. The number of benzene rings is 2. The number of halogens is 2. The van der Waals surface area contributed by atoms with Gasteiger partial charge in [0.2, 0.25) is 0 Å². The van der Waals surface area contributed by atoms with Crippen molar-refractivity contribution >= 4 is 23.2 Å². The van der Waals surface area contributed by atoms with Crippen molar-refractivity contribution in [2.45, 2.75) is 33.8 Å². The van der Waals surface area contributed by atoms with Gasteiger partial charge >= 0.3 is 0 Å². The van der Waals surface area contributed by atoms with Crippen molar-refractivity contribution in [2.24, 2.45) is 0 Å². The molecule has 23 heavy (non-hydrogen) atoms. The number of hydrogen-bond acceptors (Lipinski definition) is 2. The first-order valence-electron chi connectivity index (χ1n) is 7.28. The maximum absolute atomic E-state index is 13.1. The fraction of sp³-hybridized carbons (Fsp3) is 0.278. The Hall–Kier alpha value is -2.07. The van der Waals surface area contributed by atoms with Crippen molar-refractivity contribution in [2.75, 3.05) is 5.32 Å². The van der Waals surface area contributed by atoms with E-state index in [1.807, 2.05) is 26.8 Å². The number of hydrogen-bond donors (Lipinski definition) is 1. The Balaban J connectivity index is 2.10. The van der Waals surface area contributed by atoms with Gasteiger partial charge in [0.15, 0.2) is 6.10 Å². The van der Waals surface area contributed by atoms with Crippen LogP contribution in [0.2, 0.25) is 5.02 Å². The molecule has 0 aromatic heterocycles. The van der Waals surface area contributed by atoms with E-state index >= 15 is 0 Å². The van der Waals surface area contributed by atoms with Crippen LogP contribution in [0.1, 0.15) is 23.6 Å². The van der Waals surface area contributed by atoms with Crippen LogP contribution in [0.3, 0.4) is 0 Å². The molecule has 0 fully saturated rings. The fourth-order valence-corrected chi connectivity index (χ4v) is 2.37. The Morgan fingerprint density at radius 3 is 2.57 bits per heavy atom. The van der Waals surface area contributed by atoms with Gasteiger partial charge in [0.25, 0.3) is 5.91 Å². The number of carbonyl (C=O) groups is 1. The zero-order valence-corrected chi connectivity index (χ0v) is 14.3. The zero-order chi connectivity index (χ0) is 17.1. The highest BCUT2D eigenvalue weighted by Gasteiger charge is 2.17. The lowest BCUT2D eigenvalue weighted by molar-refractivity contribution is -0.122. The van der Waals surface area contributed by atoms with Gasteiger partial charge in [-0.25, -0.2) is 4.39 Å². The first kappa shape index (κ1) is 17.3. The molecule has 0 unspecified atom stereocenters. The minimum atomic E-state index is -0.696. The lowest BCUT2D eigenvalue weighted by Crippen LogP contribution is -2.30. The van der Waals surface area contributed by atoms with E-state index in [1.165, 1.54) is 18.2 Å². The molecular formula is C18H19ClFNO2. The number of amides is 1. The second kappa shape index (κ2) is 7.01. The molecule has 2 aromatic rings. The molecule has 0 radical (unpaired) electrons. The Labute approximate surface area is 140 Å². The predicted octanol–water partition coefficient (Wildman–Crippen LogP) is 4.81. The van der Waals surface area contributed by atoms with Gasteiger partial charge in [-0.15, -0.1) is 0 Å². The predicted molar refractivity (Wildman–Crippen MR) is 90.8 cm³/mol. The van der Waals surface area contributed by atoms with E-state index < -0.39 is 11.9 Å². The number of ether oxygens (including phenoxy) is 1. The summed E-state index contributed by atoms with van der Waals surface area (Å²) >= 11 is 5.70. The number of anilines is 1. The fourth-order valence-electron chi connectivity index (χ4n) is 2.18. The van der Waals surface area contributed by atoms with Gasteiger partial charge in [0.05, 0.1) is 5.02 Å². The Morgan fingerprint density at radius 2 is 1.91 bits per heavy atom. The van der Waals surface area contributed by atoms with Gasteiger partial charge in [-0.3, -0.25) is 4.79 Å². The van der Waals surface area contributed by atoms with E-state index in [4.69, 9.17) is 16.3 Å². The molecule has 0 heterocycles. The van der Waals surface area contributed by atoms with Gasteiger partial charge < -0.3 is 10.1 Å². The number of carbonyl (C=O) groups excluding carboxylic acids is 1. The molecule has 0 saturated heterocycles. The molecule has 2 aromatic carbocycles. The van der Waals surface area contributed by atoms with E-state index in [0.717, 1.165) is 16.7 Å². The molecule has 2 rings (SSSR count). The molecule has 1 amide bonds. The van der Waals surface area contributed by atoms with E-state index in [-0.39, 0.29) is 10.9 Å². The van der Waals surface area contributed by atoms with E-state index in [9.17, 15) is 9.18 Å². The van der Waals surface area contributed by atoms with Gasteiger partial charge in [-0.05, 0) is 68.7 Å². The maximum atomic E-state index is 13.1. The lowest BCUT2D eigenvalue weighted by atomic mass is 10.1. The van der Waals surface area contributed by atoms with Crippen LogP contribution >= 0.6 is 11.6 Å². The number of rotatable bonds is 4. The average Bonchev–Trinajstić information content (AvgIpc) is 2.48. The van der Waals surface area contributed by atoms with E-state index in [0.29, 0.717) is 11.4 Å². The molecular weight excluding hydrogens is 317 g/mol. The summed E-state index contributed by atoms with van der Waals surface area (Å²) in [5.41, 5.74) is 3.60. The standard InChI is InChI=1S/C18H19ClFNO2/c1-10-7-11(2)12(3)17(8-10)23-13(4)18(22)21-14-5-6-16(20)15(19)9-14/h5-9,13H,1-4H3,(H,21,22)/t13-/m1/s1. The van der Waals surface area contributed by atoms with Crippen molar-refractivity contribution in [1.82, 2.24) is 0 Å². The number of aryl methyl sites for hydroxylation is 2. The summed E-state index contributed by atoms with van der Waals surface area (Å²) in [6.45, 7) is 7.59. The van der Waals surface area contributed by atoms with Crippen LogP contribution in [0.5, 0.6) is 5.75 Å². The number of nitrogens with one attached hydrogen (secondary N) is 1. The summed E-state index contributed by atoms with van der Waals surface area (Å²) in [5, 5.41) is 2.62. The summed E-state index contributed by atoms with van der Waals surface area (Å²) in [6.07, 6.45) is -0.696. The molecule has 0 bridgehead atoms. The third-order valence-electron chi connectivity index (χ3n) is 3.62. The van der Waals surface area contributed by atoms with Crippen molar-refractivity contribution < 1.29 is 13.9 Å². The van der Waals surface area contributed by atoms with Crippen molar-refractivity contribution in [3.8, 4) is 5.75 Å². The Kier molecular flexibility index (Phi) is 5.26. The molecule has 122 valence electrons. The summed E-state index contributed by atoms with van der Waals surface area (Å²) in [5.74, 6) is -0.173. The van der Waals surface area contributed by atoms with Gasteiger partial charge in [-0.1, -0.05) is 17.7 Å². The van der Waals surface area contributed by atoms with Crippen LogP contribution in [0.15, 0.2) is 30.3 Å². The molecule has 0 aliphatic heterocycles. The molecule has 1 N–H and O–H groups in total. The van der Waals surface area contributed by atoms with E-state index in [2.05, 4.69) is 11.4 Å². The largest absolute Gasteiger partial charge is 0.481 e. The molecule has 0 spiro atoms. The Morgan fingerprint density at radius 1 is 1.22 bits per heavy atom. The molecule has 3 nitrogen and oxygen atoms in total. The highest BCUT2D eigenvalue weighted by molar-refractivity contribution is 6.31. The van der Waals surface area contributed by atoms with Crippen molar-refractivity contribution in [1.29, 1.82) is 0 Å². The monoisotopic (exact) mass is 335 g/mol. The van der Waals surface area contributed by atoms with Gasteiger partial charge in [0, 0.05) is 5.69 Å². The van der Waals surface area contributed by atoms with Crippen LogP contribution in [0.4, 0.5) is 10.1 Å². The molecule has 0 aliphatic rings. The summed E-state index contributed by atoms with van der Waals surface area (Å²) in [4.78, 5) is 12.2. The Bertz CT molecular complexity index is 746. The summed E-state index contributed by atoms with van der Waals surface area (Å²) in [7, 11) is 0. The second-order valence-corrected chi connectivity index (χ2v) is 5.99. The van der Waals surface area contributed by atoms with Crippen LogP contribution in [-0.2, 0) is 4.79 Å². The minimum Gasteiger partial charge on any atom is -0.481 e. The quantitative estimate of drug-likeness (QED) is 0.870. The summed E-state index contributed by atoms with van der Waals surface area (Å²) < 4.78 is 18.9. The average molecular weight is 336 g/mol. The SMILES string of the molecule is Cc1cc(C)c(C)c(O[C@H](C)C(=O)Nc2ccc(F)c(Cl)c2)c1. The third-order valence-corrected chi connectivity index (χ3v) is 3.91. The maximum Gasteiger partial charge on any atom is 0.265 e. The molecule has 0 saturated carbocycles. The van der Waals surface area contributed by atoms with Crippen LogP contribution in [0.25, 0.3) is 0 Å². The normalized spacial score (nSPS) is 11.9. The highest BCUT2D eigenvalue weighted by atomic mass is 35.5. The lowest BCUT2D eigenvalue weighted by Gasteiger charge is -2.18. The third kappa shape index (κ3) is 4.23. The van der Waals surface area contributed by atoms with Crippen molar-refractivity contribution in [3.05, 3.63) is 57.9 Å². The van der Waals surface area contributed by atoms with Crippen LogP contribution < -0.4 is 10.1 Å². The van der Waals surface area contributed by atoms with Gasteiger partial charge in [0.1, 0.15) is 11.6 Å². The highest BCUT2D eigenvalue weighted by Crippen LogP contribution is 2.25. The minimum absolute atomic E-state index is 0.0403. The second-order valence-electron chi connectivity index (χ2n) is 5.58. The van der Waals surface area contributed by atoms with Crippen molar-refractivity contribution in [3.63, 3.8) is 0 Å². The smallest absolute Gasteiger partial charge is 0.265 e. The molecule has 5 heteroatoms. The molecule has 0 aliphatic carbocycles. The van der Waals surface area contributed by atoms with Gasteiger partial charge in [-0.2, -0.15) is 0 Å². The first-order valence-corrected chi connectivity index (χ1v) is 7.66.